The van der Waals surface area contributed by atoms with Crippen LogP contribution in [0.2, 0.25) is 0 Å². The van der Waals surface area contributed by atoms with Gasteiger partial charge in [0.05, 0.1) is 13.0 Å². The molecule has 0 fully saturated rings. The lowest BCUT2D eigenvalue weighted by molar-refractivity contribution is -0.141. The van der Waals surface area contributed by atoms with Crippen LogP contribution in [0.1, 0.15) is 49.3 Å². The van der Waals surface area contributed by atoms with E-state index in [1.54, 1.807) is 32.2 Å². The molecule has 2 unspecified atom stereocenters. The molecule has 0 saturated heterocycles. The van der Waals surface area contributed by atoms with Gasteiger partial charge in [-0.3, -0.25) is 0 Å². The van der Waals surface area contributed by atoms with Crippen LogP contribution in [-0.4, -0.2) is 19.2 Å². The predicted molar refractivity (Wildman–Crippen MR) is 135 cm³/mol. The van der Waals surface area contributed by atoms with Crippen LogP contribution in [0, 0.1) is 11.3 Å². The first-order valence-corrected chi connectivity index (χ1v) is 11.6. The van der Waals surface area contributed by atoms with Crippen molar-refractivity contribution in [3.8, 4) is 29.1 Å². The van der Waals surface area contributed by atoms with Crippen LogP contribution < -0.4 is 24.7 Å². The van der Waals surface area contributed by atoms with Gasteiger partial charge in [0.2, 0.25) is 5.88 Å². The SMILES string of the molecule is COc1cccc(C2C(C#N)=C(N)Oc3cc(OC(=O)C(C)Oc4ccc(C(C)C)cc4)ccc32)c1. The van der Waals surface area contributed by atoms with Crippen molar-refractivity contribution in [1.29, 1.82) is 5.26 Å². The smallest absolute Gasteiger partial charge is 0.352 e. The van der Waals surface area contributed by atoms with Crippen molar-refractivity contribution in [2.24, 2.45) is 5.73 Å². The Morgan fingerprint density at radius 3 is 2.39 bits per heavy atom. The molecule has 7 nitrogen and oxygen atoms in total. The van der Waals surface area contributed by atoms with Gasteiger partial charge in [0.25, 0.3) is 0 Å². The van der Waals surface area contributed by atoms with Crippen LogP contribution in [0.3, 0.4) is 0 Å². The van der Waals surface area contributed by atoms with Gasteiger partial charge in [-0.2, -0.15) is 5.26 Å². The zero-order valence-corrected chi connectivity index (χ0v) is 20.6. The van der Waals surface area contributed by atoms with Gasteiger partial charge in [-0.15, -0.1) is 0 Å². The maximum atomic E-state index is 12.7. The van der Waals surface area contributed by atoms with Crippen LogP contribution >= 0.6 is 0 Å². The third-order valence-corrected chi connectivity index (χ3v) is 6.03. The van der Waals surface area contributed by atoms with E-state index in [1.165, 1.54) is 5.56 Å². The minimum atomic E-state index is -0.827. The molecule has 1 aliphatic rings. The molecule has 3 aromatic carbocycles. The number of carbonyl (C=O) groups excluding carboxylic acids is 1. The molecule has 184 valence electrons. The molecule has 1 aliphatic heterocycles. The summed E-state index contributed by atoms with van der Waals surface area (Å²) in [6.07, 6.45) is -0.827. The minimum Gasteiger partial charge on any atom is -0.497 e. The number of methoxy groups -OCH3 is 1. The standard InChI is InChI=1S/C29H28N2O5/c1-17(2)19-8-10-21(11-9-19)34-18(3)29(32)35-23-12-13-24-26(15-23)36-28(31)25(16-30)27(24)20-6-5-7-22(14-20)33-4/h5-15,17-18,27H,31H2,1-4H3. The summed E-state index contributed by atoms with van der Waals surface area (Å²) in [7, 11) is 1.58. The van der Waals surface area contributed by atoms with Crippen LogP contribution in [0.4, 0.5) is 0 Å². The van der Waals surface area contributed by atoms with E-state index in [1.807, 2.05) is 48.5 Å². The largest absolute Gasteiger partial charge is 0.497 e. The molecule has 0 radical (unpaired) electrons. The zero-order valence-electron chi connectivity index (χ0n) is 20.6. The number of fused-ring (bicyclic) bond motifs is 1. The first kappa shape index (κ1) is 24.7. The lowest BCUT2D eigenvalue weighted by Gasteiger charge is -2.27. The number of carbonyl (C=O) groups is 1. The number of ether oxygens (including phenoxy) is 4. The third-order valence-electron chi connectivity index (χ3n) is 6.03. The highest BCUT2D eigenvalue weighted by Gasteiger charge is 2.31. The first-order chi connectivity index (χ1) is 17.3. The molecular formula is C29H28N2O5. The van der Waals surface area contributed by atoms with Crippen molar-refractivity contribution in [1.82, 2.24) is 0 Å². The summed E-state index contributed by atoms with van der Waals surface area (Å²) in [5, 5.41) is 9.76. The van der Waals surface area contributed by atoms with Gasteiger partial charge in [-0.25, -0.2) is 4.79 Å². The van der Waals surface area contributed by atoms with E-state index in [9.17, 15) is 10.1 Å². The van der Waals surface area contributed by atoms with Crippen molar-refractivity contribution in [3.05, 3.63) is 94.9 Å². The van der Waals surface area contributed by atoms with Crippen molar-refractivity contribution < 1.29 is 23.7 Å². The number of allylic oxidation sites excluding steroid dienone is 1. The maximum absolute atomic E-state index is 12.7. The van der Waals surface area contributed by atoms with Gasteiger partial charge < -0.3 is 24.7 Å². The summed E-state index contributed by atoms with van der Waals surface area (Å²) < 4.78 is 22.4. The topological polar surface area (TPSA) is 104 Å². The van der Waals surface area contributed by atoms with Gasteiger partial charge in [0.15, 0.2) is 6.10 Å². The molecule has 2 atom stereocenters. The van der Waals surface area contributed by atoms with E-state index in [4.69, 9.17) is 24.7 Å². The second-order valence-corrected chi connectivity index (χ2v) is 8.81. The van der Waals surface area contributed by atoms with Crippen LogP contribution in [0.15, 0.2) is 78.2 Å². The number of benzene rings is 3. The normalized spacial score (nSPS) is 15.4. The predicted octanol–water partition coefficient (Wildman–Crippen LogP) is 5.41. The average molecular weight is 485 g/mol. The first-order valence-electron chi connectivity index (χ1n) is 11.6. The highest BCUT2D eigenvalue weighted by molar-refractivity contribution is 5.77. The second kappa shape index (κ2) is 10.4. The number of esters is 1. The lowest BCUT2D eigenvalue weighted by atomic mass is 9.83. The summed E-state index contributed by atoms with van der Waals surface area (Å²) in [6.45, 7) is 5.86. The van der Waals surface area contributed by atoms with Crippen LogP contribution in [-0.2, 0) is 4.79 Å². The van der Waals surface area contributed by atoms with Crippen molar-refractivity contribution in [2.45, 2.75) is 38.7 Å². The Labute approximate surface area is 210 Å². The van der Waals surface area contributed by atoms with E-state index in [0.717, 1.165) is 11.1 Å². The molecule has 3 aromatic rings. The number of nitrogens with zero attached hydrogens (tertiary/aromatic N) is 1. The molecule has 0 saturated carbocycles. The Morgan fingerprint density at radius 1 is 1.00 bits per heavy atom. The number of hydrogen-bond donors (Lipinski definition) is 1. The molecule has 36 heavy (non-hydrogen) atoms. The monoisotopic (exact) mass is 484 g/mol. The quantitative estimate of drug-likeness (QED) is 0.353. The third kappa shape index (κ3) is 5.13. The zero-order chi connectivity index (χ0) is 25.8. The number of hydrogen-bond acceptors (Lipinski definition) is 7. The molecule has 0 aromatic heterocycles. The van der Waals surface area contributed by atoms with Crippen LogP contribution in [0.5, 0.6) is 23.0 Å². The molecule has 2 N–H and O–H groups in total. The number of nitriles is 1. The minimum absolute atomic E-state index is 0.00263. The average Bonchev–Trinajstić information content (AvgIpc) is 2.88. The second-order valence-electron chi connectivity index (χ2n) is 8.81. The van der Waals surface area contributed by atoms with E-state index >= 15 is 0 Å². The van der Waals surface area contributed by atoms with Gasteiger partial charge in [0, 0.05) is 11.6 Å². The molecule has 0 aliphatic carbocycles. The van der Waals surface area contributed by atoms with E-state index in [-0.39, 0.29) is 11.6 Å². The Morgan fingerprint density at radius 2 is 1.72 bits per heavy atom. The fraction of sp³-hybridized carbons (Fsp3) is 0.241. The van der Waals surface area contributed by atoms with E-state index in [2.05, 4.69) is 19.9 Å². The van der Waals surface area contributed by atoms with E-state index in [0.29, 0.717) is 28.7 Å². The molecule has 0 spiro atoms. The molecule has 4 rings (SSSR count). The van der Waals surface area contributed by atoms with Crippen molar-refractivity contribution in [3.63, 3.8) is 0 Å². The summed E-state index contributed by atoms with van der Waals surface area (Å²) in [5.41, 5.74) is 9.13. The summed E-state index contributed by atoms with van der Waals surface area (Å²) in [5.74, 6) is 1.34. The Balaban J connectivity index is 1.54. The molecule has 0 amide bonds. The number of nitrogens with two attached hydrogens (primary N) is 1. The molecule has 0 bridgehead atoms. The summed E-state index contributed by atoms with van der Waals surface area (Å²) in [4.78, 5) is 12.7. The molecule has 7 heteroatoms. The summed E-state index contributed by atoms with van der Waals surface area (Å²) in [6, 6.07) is 22.2. The maximum Gasteiger partial charge on any atom is 0.352 e. The van der Waals surface area contributed by atoms with Gasteiger partial charge in [-0.05, 0) is 54.3 Å². The van der Waals surface area contributed by atoms with Gasteiger partial charge >= 0.3 is 5.97 Å². The Kier molecular flexibility index (Phi) is 7.16. The Hall–Kier alpha value is -4.44. The van der Waals surface area contributed by atoms with Crippen molar-refractivity contribution >= 4 is 5.97 Å². The summed E-state index contributed by atoms with van der Waals surface area (Å²) >= 11 is 0. The highest BCUT2D eigenvalue weighted by Crippen LogP contribution is 2.44. The van der Waals surface area contributed by atoms with E-state index < -0.39 is 18.0 Å². The van der Waals surface area contributed by atoms with Crippen LogP contribution in [0.25, 0.3) is 0 Å². The fourth-order valence-electron chi connectivity index (χ4n) is 4.05. The number of rotatable bonds is 7. The molecular weight excluding hydrogens is 456 g/mol. The lowest BCUT2D eigenvalue weighted by Crippen LogP contribution is -2.28. The van der Waals surface area contributed by atoms with Gasteiger partial charge in [-0.1, -0.05) is 44.2 Å². The fourth-order valence-corrected chi connectivity index (χ4v) is 4.05. The molecule has 1 heterocycles. The van der Waals surface area contributed by atoms with Gasteiger partial charge in [0.1, 0.15) is 34.6 Å². The Bertz CT molecular complexity index is 1340. The highest BCUT2D eigenvalue weighted by atomic mass is 16.6. The van der Waals surface area contributed by atoms with Crippen molar-refractivity contribution in [2.75, 3.05) is 7.11 Å².